The summed E-state index contributed by atoms with van der Waals surface area (Å²) in [5, 5.41) is 0.338. The van der Waals surface area contributed by atoms with E-state index in [1.54, 1.807) is 33.4 Å². The predicted molar refractivity (Wildman–Crippen MR) is 451 cm³/mol. The summed E-state index contributed by atoms with van der Waals surface area (Å²) in [4.78, 5) is 4.79. The highest BCUT2D eigenvalue weighted by Gasteiger charge is 2.47. The molecule has 5 heteroatoms. The third-order valence-corrected chi connectivity index (χ3v) is 21.3. The van der Waals surface area contributed by atoms with Gasteiger partial charge in [0.05, 0.1) is 52.6 Å². The van der Waals surface area contributed by atoms with E-state index in [1.807, 2.05) is 63.2 Å². The van der Waals surface area contributed by atoms with Gasteiger partial charge < -0.3 is 18.9 Å². The van der Waals surface area contributed by atoms with Crippen LogP contribution in [0.4, 0.5) is 34.1 Å². The van der Waals surface area contributed by atoms with Crippen molar-refractivity contribution in [3.63, 3.8) is 0 Å². The second kappa shape index (κ2) is 24.5. The Morgan fingerprint density at radius 3 is 0.990 bits per heavy atom. The van der Waals surface area contributed by atoms with Crippen molar-refractivity contribution in [1.82, 2.24) is 9.13 Å². The van der Waals surface area contributed by atoms with Gasteiger partial charge in [0.15, 0.2) is 0 Å². The van der Waals surface area contributed by atoms with E-state index in [-0.39, 0.29) is 115 Å². The summed E-state index contributed by atoms with van der Waals surface area (Å²) in [6, 6.07) is 72.0. The SMILES string of the molecule is [2H]c1c([2H])c([2H])c2c(c1[2H])c1c([2H])c(-c3ccccc3)c([2H])c([2H])c1n2-c1ccc2c(c1)N(c1c(-c3ccccc3)cc(C(C)(C)C)cc1-c1ccccc1)c1cc(C(C)(C)C)cc3c1B2c1ccc(-n2c4c([2H])c([2H])c([2H])c([2H])c4c4c([2H])c(C(C)(C)C)c([2H])c([2H])c42)cc1N3c1c(-c2ccccc2)cc(C(C)(C)C)cc1-c1ccccc1. The molecule has 14 aromatic carbocycles. The molecule has 0 spiro atoms. The maximum absolute atomic E-state index is 10.3. The second-order valence-electron chi connectivity index (χ2n) is 32.3. The Morgan fingerprint density at radius 2 is 0.610 bits per heavy atom. The average Bonchev–Trinajstić information content (AvgIpc) is 1.51. The first-order valence-electron chi connectivity index (χ1n) is 43.3. The van der Waals surface area contributed by atoms with Crippen molar-refractivity contribution >= 4 is 101 Å². The summed E-state index contributed by atoms with van der Waals surface area (Å²) in [5.74, 6) is 0. The van der Waals surface area contributed by atoms with Gasteiger partial charge in [-0.1, -0.05) is 295 Å². The van der Waals surface area contributed by atoms with E-state index in [0.717, 1.165) is 100 Å². The first kappa shape index (κ1) is 51.5. The van der Waals surface area contributed by atoms with Crippen LogP contribution in [-0.2, 0) is 21.7 Å². The lowest BCUT2D eigenvalue weighted by Crippen LogP contribution is -2.61. The quantitative estimate of drug-likeness (QED) is 0.134. The molecular weight excluding hydrogens is 1270 g/mol. The molecular formula is C100H87BN4. The zero-order chi connectivity index (χ0) is 84.2. The molecule has 0 fully saturated rings. The summed E-state index contributed by atoms with van der Waals surface area (Å²) in [5.41, 5.74) is 17.2. The van der Waals surface area contributed by atoms with E-state index in [1.165, 1.54) is 0 Å². The van der Waals surface area contributed by atoms with Crippen LogP contribution in [0.15, 0.2) is 309 Å². The Kier molecular flexibility index (Phi) is 12.0. The van der Waals surface area contributed by atoms with Crippen molar-refractivity contribution in [3.05, 3.63) is 331 Å². The molecule has 105 heavy (non-hydrogen) atoms. The minimum Gasteiger partial charge on any atom is -0.310 e. The van der Waals surface area contributed by atoms with Gasteiger partial charge in [-0.15, -0.1) is 0 Å². The van der Waals surface area contributed by atoms with Crippen molar-refractivity contribution in [2.75, 3.05) is 9.80 Å². The fraction of sp³-hybridized carbons (Fsp3) is 0.160. The molecule has 0 aliphatic carbocycles. The van der Waals surface area contributed by atoms with Crippen LogP contribution in [0.5, 0.6) is 0 Å². The predicted octanol–water partition coefficient (Wildman–Crippen LogP) is 25.5. The Balaban J connectivity index is 1.07. The van der Waals surface area contributed by atoms with Gasteiger partial charge in [-0.05, 0) is 191 Å². The van der Waals surface area contributed by atoms with Crippen LogP contribution < -0.4 is 26.2 Å². The number of aromatic nitrogens is 2. The zero-order valence-corrected chi connectivity index (χ0v) is 61.2. The molecule has 2 aliphatic rings. The van der Waals surface area contributed by atoms with E-state index < -0.39 is 52.5 Å². The average molecular weight is 1370 g/mol. The van der Waals surface area contributed by atoms with Crippen LogP contribution in [0.1, 0.15) is 125 Å². The highest BCUT2D eigenvalue weighted by Crippen LogP contribution is 2.56. The maximum Gasteiger partial charge on any atom is 0.252 e. The molecule has 0 saturated carbocycles. The third-order valence-electron chi connectivity index (χ3n) is 21.3. The third kappa shape index (κ3) is 11.0. The number of fused-ring (bicyclic) bond motifs is 10. The molecule has 0 saturated heterocycles. The smallest absolute Gasteiger partial charge is 0.252 e. The second-order valence-corrected chi connectivity index (χ2v) is 32.3. The van der Waals surface area contributed by atoms with Gasteiger partial charge >= 0.3 is 0 Å². The molecule has 4 heterocycles. The fourth-order valence-electron chi connectivity index (χ4n) is 15.8. The molecule has 2 aliphatic heterocycles. The molecule has 0 N–H and O–H groups in total. The van der Waals surface area contributed by atoms with Gasteiger partial charge in [0.2, 0.25) is 0 Å². The molecule has 18 rings (SSSR count). The molecule has 0 amide bonds. The topological polar surface area (TPSA) is 16.3 Å². The summed E-state index contributed by atoms with van der Waals surface area (Å²) in [7, 11) is 0. The zero-order valence-electron chi connectivity index (χ0n) is 75.2. The molecule has 0 radical (unpaired) electrons. The van der Waals surface area contributed by atoms with Crippen LogP contribution >= 0.6 is 0 Å². The summed E-state index contributed by atoms with van der Waals surface area (Å²) < 4.78 is 141. The van der Waals surface area contributed by atoms with Gasteiger partial charge in [-0.3, -0.25) is 0 Å². The number of hydrogen-bond acceptors (Lipinski definition) is 2. The Bertz CT molecular complexity index is 6860. The van der Waals surface area contributed by atoms with Gasteiger partial charge in [0.1, 0.15) is 0 Å². The van der Waals surface area contributed by atoms with E-state index in [2.05, 4.69) is 230 Å². The number of rotatable bonds is 9. The number of para-hydroxylation sites is 2. The number of nitrogens with zero attached hydrogens (tertiary/aromatic N) is 4. The van der Waals surface area contributed by atoms with Crippen molar-refractivity contribution < 1.29 is 19.2 Å². The van der Waals surface area contributed by atoms with Crippen molar-refractivity contribution in [2.24, 2.45) is 0 Å². The van der Waals surface area contributed by atoms with E-state index >= 15 is 0 Å². The van der Waals surface area contributed by atoms with E-state index in [9.17, 15) is 19.2 Å². The molecule has 0 bridgehead atoms. The highest BCUT2D eigenvalue weighted by atomic mass is 15.2. The van der Waals surface area contributed by atoms with Gasteiger partial charge in [0.25, 0.3) is 6.71 Å². The fourth-order valence-corrected chi connectivity index (χ4v) is 15.8. The number of benzene rings is 14. The first-order valence-corrected chi connectivity index (χ1v) is 36.3. The normalized spacial score (nSPS) is 15.0. The summed E-state index contributed by atoms with van der Waals surface area (Å²) in [6.45, 7) is 24.9. The lowest BCUT2D eigenvalue weighted by molar-refractivity contribution is 0.590. The Labute approximate surface area is 638 Å². The Morgan fingerprint density at radius 1 is 0.276 bits per heavy atom. The maximum atomic E-state index is 10.3. The Hall–Kier alpha value is -11.7. The number of hydrogen-bond donors (Lipinski definition) is 0. The van der Waals surface area contributed by atoms with Crippen LogP contribution in [0.25, 0.3) is 111 Å². The van der Waals surface area contributed by atoms with Crippen molar-refractivity contribution in [1.29, 1.82) is 0 Å². The van der Waals surface area contributed by atoms with Crippen LogP contribution in [0, 0.1) is 0 Å². The standard InChI is InChI=1S/C100H87BN4/c1-97(2,3)70-47-53-89-83(55-70)77-43-29-31-45-87(77)103(89)75-49-51-85-91(63-75)105(96-80(67-38-24-16-25-39-67)58-72(99(7,8)9)59-81(96)68-40-26-17-27-41-68)93-61-73(100(10,11)12)60-92-94(93)101(85)84-50-48-74(102-86-44-30-28-42-76(86)82-54-69(46-52-88(82)102)64-32-18-13-19-33-64)62-90(84)104(92)95-78(65-34-20-14-21-35-65)56-71(98(4,5)6)57-79(95)66-36-22-15-23-37-66/h13-63H,1-12H3/i28D,29D,30D,31D,42D,43D,44D,45D,46D,47D,52D,53D,54D,55D. The minimum absolute atomic E-state index is 0.0321. The van der Waals surface area contributed by atoms with Gasteiger partial charge in [0, 0.05) is 77.9 Å². The monoisotopic (exact) mass is 1370 g/mol. The van der Waals surface area contributed by atoms with Crippen molar-refractivity contribution in [3.8, 4) is 67.0 Å². The molecule has 0 atom stereocenters. The van der Waals surface area contributed by atoms with E-state index in [0.29, 0.717) is 28.3 Å². The molecule has 510 valence electrons. The van der Waals surface area contributed by atoms with Crippen LogP contribution in [0.2, 0.25) is 0 Å². The van der Waals surface area contributed by atoms with E-state index in [4.69, 9.17) is 0 Å². The largest absolute Gasteiger partial charge is 0.310 e. The summed E-state index contributed by atoms with van der Waals surface area (Å²) >= 11 is 0. The molecule has 4 nitrogen and oxygen atoms in total. The minimum atomic E-state index is -0.836. The van der Waals surface area contributed by atoms with Crippen LogP contribution in [-0.4, -0.2) is 15.8 Å². The van der Waals surface area contributed by atoms with Gasteiger partial charge in [-0.2, -0.15) is 0 Å². The molecule has 0 unspecified atom stereocenters. The van der Waals surface area contributed by atoms with Crippen LogP contribution in [0.3, 0.4) is 0 Å². The lowest BCUT2D eigenvalue weighted by Gasteiger charge is -2.47. The lowest BCUT2D eigenvalue weighted by atomic mass is 9.33. The van der Waals surface area contributed by atoms with Crippen molar-refractivity contribution in [2.45, 2.75) is 105 Å². The number of anilines is 6. The summed E-state index contributed by atoms with van der Waals surface area (Å²) in [6.07, 6.45) is 0. The molecule has 16 aromatic rings. The molecule has 2 aromatic heterocycles. The highest BCUT2D eigenvalue weighted by molar-refractivity contribution is 7.00. The first-order chi connectivity index (χ1) is 56.5. The van der Waals surface area contributed by atoms with Gasteiger partial charge in [-0.25, -0.2) is 0 Å².